The zero-order chi connectivity index (χ0) is 23.9. The molecule has 9 heteroatoms. The number of carbonyl (C=O) groups is 2. The molecule has 7 nitrogen and oxygen atoms in total. The van der Waals surface area contributed by atoms with E-state index in [0.29, 0.717) is 5.69 Å². The molecule has 1 aliphatic rings. The Hall–Kier alpha value is -3.30. The van der Waals surface area contributed by atoms with Crippen LogP contribution in [0.5, 0.6) is 0 Å². The van der Waals surface area contributed by atoms with Crippen molar-refractivity contribution >= 4 is 28.8 Å². The number of benzene rings is 1. The van der Waals surface area contributed by atoms with Crippen molar-refractivity contribution in [3.63, 3.8) is 0 Å². The molecule has 4 rings (SSSR count). The van der Waals surface area contributed by atoms with E-state index in [1.54, 1.807) is 41.8 Å². The Morgan fingerprint density at radius 2 is 1.79 bits per heavy atom. The molecule has 3 aromatic rings. The number of aromatic nitrogens is 1. The van der Waals surface area contributed by atoms with Crippen molar-refractivity contribution in [3.8, 4) is 0 Å². The third kappa shape index (κ3) is 5.98. The van der Waals surface area contributed by atoms with Crippen LogP contribution in [-0.4, -0.2) is 53.9 Å². The van der Waals surface area contributed by atoms with Crippen molar-refractivity contribution in [2.24, 2.45) is 0 Å². The van der Waals surface area contributed by atoms with Crippen LogP contribution in [0.1, 0.15) is 23.5 Å². The van der Waals surface area contributed by atoms with Gasteiger partial charge in [0.25, 0.3) is 0 Å². The minimum Gasteiger partial charge on any atom is -0.369 e. The first-order valence-electron chi connectivity index (χ1n) is 11.3. The minimum absolute atomic E-state index is 0.0529. The van der Waals surface area contributed by atoms with E-state index in [2.05, 4.69) is 31.5 Å². The molecule has 0 radical (unpaired) electrons. The summed E-state index contributed by atoms with van der Waals surface area (Å²) in [6.07, 6.45) is 1.64. The van der Waals surface area contributed by atoms with Gasteiger partial charge in [-0.2, -0.15) is 0 Å². The molecule has 2 atom stereocenters. The summed E-state index contributed by atoms with van der Waals surface area (Å²) in [6, 6.07) is 15.7. The highest BCUT2D eigenvalue weighted by Gasteiger charge is 2.32. The van der Waals surface area contributed by atoms with Crippen molar-refractivity contribution < 1.29 is 14.0 Å². The number of pyridine rings is 1. The lowest BCUT2D eigenvalue weighted by molar-refractivity contribution is -0.140. The summed E-state index contributed by atoms with van der Waals surface area (Å²) >= 11 is 1.64. The van der Waals surface area contributed by atoms with Crippen LogP contribution >= 0.6 is 11.3 Å². The van der Waals surface area contributed by atoms with Gasteiger partial charge in [0.1, 0.15) is 5.82 Å². The molecule has 1 aliphatic heterocycles. The lowest BCUT2D eigenvalue weighted by atomic mass is 10.0. The molecule has 2 amide bonds. The summed E-state index contributed by atoms with van der Waals surface area (Å²) < 4.78 is 13.3. The lowest BCUT2D eigenvalue weighted by Crippen LogP contribution is -2.53. The molecular weight excluding hydrogens is 453 g/mol. The summed E-state index contributed by atoms with van der Waals surface area (Å²) in [4.78, 5) is 34.8. The van der Waals surface area contributed by atoms with Gasteiger partial charge in [-0.15, -0.1) is 11.3 Å². The molecule has 1 saturated heterocycles. The van der Waals surface area contributed by atoms with Gasteiger partial charge in [-0.1, -0.05) is 12.1 Å². The number of anilines is 1. The summed E-state index contributed by atoms with van der Waals surface area (Å²) in [6.45, 7) is 5.28. The van der Waals surface area contributed by atoms with Crippen molar-refractivity contribution in [1.82, 2.24) is 20.5 Å². The first-order valence-corrected chi connectivity index (χ1v) is 12.2. The zero-order valence-electron chi connectivity index (χ0n) is 19.0. The Morgan fingerprint density at radius 3 is 2.44 bits per heavy atom. The number of nitrogens with zero attached hydrogens (tertiary/aromatic N) is 3. The van der Waals surface area contributed by atoms with Gasteiger partial charge in [-0.05, 0) is 54.8 Å². The van der Waals surface area contributed by atoms with Crippen molar-refractivity contribution in [3.05, 3.63) is 82.6 Å². The normalized spacial score (nSPS) is 16.0. The Kier molecular flexibility index (Phi) is 7.87. The topological polar surface area (TPSA) is 77.6 Å². The van der Waals surface area contributed by atoms with Gasteiger partial charge in [0.2, 0.25) is 0 Å². The average molecular weight is 482 g/mol. The van der Waals surface area contributed by atoms with E-state index < -0.39 is 11.8 Å². The van der Waals surface area contributed by atoms with Crippen LogP contribution in [0.3, 0.4) is 0 Å². The molecule has 0 spiro atoms. The van der Waals surface area contributed by atoms with Crippen molar-refractivity contribution in [1.29, 1.82) is 0 Å². The fourth-order valence-electron chi connectivity index (χ4n) is 4.22. The van der Waals surface area contributed by atoms with Crippen molar-refractivity contribution in [2.75, 3.05) is 31.1 Å². The maximum Gasteiger partial charge on any atom is 0.309 e. The fourth-order valence-corrected chi connectivity index (χ4v) is 5.18. The van der Waals surface area contributed by atoms with E-state index in [-0.39, 0.29) is 24.4 Å². The molecule has 34 heavy (non-hydrogen) atoms. The Labute approximate surface area is 202 Å². The Balaban J connectivity index is 1.37. The number of hydrogen-bond donors (Lipinski definition) is 2. The highest BCUT2D eigenvalue weighted by atomic mass is 32.1. The molecule has 178 valence electrons. The van der Waals surface area contributed by atoms with E-state index in [1.807, 2.05) is 24.4 Å². The van der Waals surface area contributed by atoms with Crippen LogP contribution in [0, 0.1) is 5.82 Å². The van der Waals surface area contributed by atoms with Gasteiger partial charge in [0.15, 0.2) is 0 Å². The standard InChI is InChI=1S/C25H28FN5O2S/c1-18(29-25(33)24(32)28-17-20-5-2-3-11-27-20)23(22-6-4-16-34-22)31-14-12-30(13-15-31)21-9-7-19(26)8-10-21/h2-11,16,18,23H,12-15,17H2,1H3,(H,28,32)(H,29,33)/t18-,23+/m1/s1. The largest absolute Gasteiger partial charge is 0.369 e. The molecular formula is C25H28FN5O2S. The SMILES string of the molecule is C[C@@H](NC(=O)C(=O)NCc1ccccn1)[C@@H](c1cccs1)N1CCN(c2ccc(F)cc2)CC1. The van der Waals surface area contributed by atoms with Crippen LogP contribution < -0.4 is 15.5 Å². The molecule has 3 heterocycles. The van der Waals surface area contributed by atoms with Crippen LogP contribution in [0.2, 0.25) is 0 Å². The van der Waals surface area contributed by atoms with E-state index >= 15 is 0 Å². The van der Waals surface area contributed by atoms with Crippen LogP contribution in [-0.2, 0) is 16.1 Å². The van der Waals surface area contributed by atoms with E-state index in [0.717, 1.165) is 36.7 Å². The lowest BCUT2D eigenvalue weighted by Gasteiger charge is -2.42. The van der Waals surface area contributed by atoms with Gasteiger partial charge in [-0.3, -0.25) is 19.5 Å². The molecule has 2 aromatic heterocycles. The number of carbonyl (C=O) groups excluding carboxylic acids is 2. The number of nitrogens with one attached hydrogen (secondary N) is 2. The molecule has 0 unspecified atom stereocenters. The highest BCUT2D eigenvalue weighted by Crippen LogP contribution is 2.30. The van der Waals surface area contributed by atoms with Crippen LogP contribution in [0.15, 0.2) is 66.2 Å². The molecule has 0 bridgehead atoms. The second-order valence-electron chi connectivity index (χ2n) is 8.23. The van der Waals surface area contributed by atoms with Gasteiger partial charge in [0, 0.05) is 49.0 Å². The molecule has 1 fully saturated rings. The van der Waals surface area contributed by atoms with Gasteiger partial charge in [0.05, 0.1) is 18.3 Å². The molecule has 0 saturated carbocycles. The summed E-state index contributed by atoms with van der Waals surface area (Å²) in [5.41, 5.74) is 1.69. The average Bonchev–Trinajstić information content (AvgIpc) is 3.38. The molecule has 1 aromatic carbocycles. The Morgan fingerprint density at radius 1 is 1.03 bits per heavy atom. The predicted octanol–water partition coefficient (Wildman–Crippen LogP) is 2.97. The number of piperazine rings is 1. The second kappa shape index (κ2) is 11.2. The minimum atomic E-state index is -0.677. The monoisotopic (exact) mass is 481 g/mol. The first kappa shape index (κ1) is 23.8. The second-order valence-corrected chi connectivity index (χ2v) is 9.20. The maximum atomic E-state index is 13.3. The summed E-state index contributed by atoms with van der Waals surface area (Å²) in [5.74, 6) is -1.58. The van der Waals surface area contributed by atoms with Gasteiger partial charge >= 0.3 is 11.8 Å². The van der Waals surface area contributed by atoms with Gasteiger partial charge in [-0.25, -0.2) is 4.39 Å². The molecule has 0 aliphatic carbocycles. The van der Waals surface area contributed by atoms with Gasteiger partial charge < -0.3 is 15.5 Å². The number of amides is 2. The Bertz CT molecular complexity index is 1070. The number of halogens is 1. The summed E-state index contributed by atoms with van der Waals surface area (Å²) in [7, 11) is 0. The van der Waals surface area contributed by atoms with E-state index in [9.17, 15) is 14.0 Å². The molecule has 2 N–H and O–H groups in total. The number of thiophene rings is 1. The van der Waals surface area contributed by atoms with Crippen molar-refractivity contribution in [2.45, 2.75) is 25.6 Å². The third-order valence-corrected chi connectivity index (χ3v) is 6.87. The van der Waals surface area contributed by atoms with E-state index in [1.165, 1.54) is 12.1 Å². The summed E-state index contributed by atoms with van der Waals surface area (Å²) in [5, 5.41) is 7.54. The number of hydrogen-bond acceptors (Lipinski definition) is 6. The smallest absolute Gasteiger partial charge is 0.309 e. The maximum absolute atomic E-state index is 13.3. The highest BCUT2D eigenvalue weighted by molar-refractivity contribution is 7.10. The third-order valence-electron chi connectivity index (χ3n) is 5.93. The first-order chi connectivity index (χ1) is 16.5. The number of rotatable bonds is 7. The fraction of sp³-hybridized carbons (Fsp3) is 0.320. The van der Waals surface area contributed by atoms with E-state index in [4.69, 9.17) is 0 Å². The zero-order valence-corrected chi connectivity index (χ0v) is 19.8. The quantitative estimate of drug-likeness (QED) is 0.508. The van der Waals surface area contributed by atoms with Crippen LogP contribution in [0.25, 0.3) is 0 Å². The van der Waals surface area contributed by atoms with Crippen LogP contribution in [0.4, 0.5) is 10.1 Å². The predicted molar refractivity (Wildman–Crippen MR) is 131 cm³/mol.